The van der Waals surface area contributed by atoms with E-state index < -0.39 is 0 Å². The van der Waals surface area contributed by atoms with Crippen molar-refractivity contribution < 1.29 is 9.53 Å². The molecule has 1 aromatic carbocycles. The summed E-state index contributed by atoms with van der Waals surface area (Å²) in [5.41, 5.74) is 2.57. The van der Waals surface area contributed by atoms with Gasteiger partial charge in [-0.25, -0.2) is 0 Å². The number of carbonyl (C=O) groups is 1. The summed E-state index contributed by atoms with van der Waals surface area (Å²) in [7, 11) is 1.62. The molecule has 0 unspecified atom stereocenters. The van der Waals surface area contributed by atoms with Crippen LogP contribution >= 0.6 is 0 Å². The van der Waals surface area contributed by atoms with E-state index in [4.69, 9.17) is 4.74 Å². The van der Waals surface area contributed by atoms with Gasteiger partial charge < -0.3 is 9.64 Å². The fourth-order valence-corrected chi connectivity index (χ4v) is 2.29. The van der Waals surface area contributed by atoms with Gasteiger partial charge in [0.15, 0.2) is 0 Å². The first-order valence-electron chi connectivity index (χ1n) is 7.09. The Morgan fingerprint density at radius 1 is 1.24 bits per heavy atom. The van der Waals surface area contributed by atoms with Crippen LogP contribution in [0, 0.1) is 0 Å². The molecule has 4 heteroatoms. The molecule has 0 saturated carbocycles. The molecule has 21 heavy (non-hydrogen) atoms. The van der Waals surface area contributed by atoms with Crippen molar-refractivity contribution in [2.24, 2.45) is 0 Å². The van der Waals surface area contributed by atoms with Crippen LogP contribution in [0.2, 0.25) is 0 Å². The monoisotopic (exact) mass is 284 g/mol. The van der Waals surface area contributed by atoms with Gasteiger partial charge in [0.1, 0.15) is 5.75 Å². The number of hydrogen-bond donors (Lipinski definition) is 0. The Morgan fingerprint density at radius 3 is 2.67 bits per heavy atom. The summed E-state index contributed by atoms with van der Waals surface area (Å²) < 4.78 is 5.33. The fraction of sp³-hybridized carbons (Fsp3) is 0.294. The van der Waals surface area contributed by atoms with Gasteiger partial charge >= 0.3 is 0 Å². The third kappa shape index (κ3) is 3.21. The van der Waals surface area contributed by atoms with Crippen molar-refractivity contribution in [3.05, 3.63) is 48.3 Å². The van der Waals surface area contributed by atoms with E-state index >= 15 is 0 Å². The Hall–Kier alpha value is -2.36. The second kappa shape index (κ2) is 6.88. The Balaban J connectivity index is 2.40. The minimum absolute atomic E-state index is 0.0508. The quantitative estimate of drug-likeness (QED) is 0.846. The molecule has 1 amide bonds. The topological polar surface area (TPSA) is 42.4 Å². The zero-order valence-electron chi connectivity index (χ0n) is 12.7. The van der Waals surface area contributed by atoms with Crippen LogP contribution < -0.4 is 4.74 Å². The molecule has 0 aliphatic rings. The molecular formula is C17H20N2O2. The summed E-state index contributed by atoms with van der Waals surface area (Å²) in [4.78, 5) is 18.3. The molecule has 1 heterocycles. The van der Waals surface area contributed by atoms with Crippen LogP contribution in [0.3, 0.4) is 0 Å². The third-order valence-electron chi connectivity index (χ3n) is 3.48. The Morgan fingerprint density at radius 2 is 2.00 bits per heavy atom. The highest BCUT2D eigenvalue weighted by atomic mass is 16.5. The van der Waals surface area contributed by atoms with Gasteiger partial charge in [-0.05, 0) is 37.6 Å². The molecule has 2 aromatic rings. The molecule has 0 N–H and O–H groups in total. The number of carbonyl (C=O) groups excluding carboxylic acids is 1. The van der Waals surface area contributed by atoms with Gasteiger partial charge in [-0.15, -0.1) is 0 Å². The van der Waals surface area contributed by atoms with E-state index in [-0.39, 0.29) is 5.91 Å². The normalized spacial score (nSPS) is 10.2. The summed E-state index contributed by atoms with van der Waals surface area (Å²) in [5, 5.41) is 0. The molecule has 4 nitrogen and oxygen atoms in total. The summed E-state index contributed by atoms with van der Waals surface area (Å²) >= 11 is 0. The average molecular weight is 284 g/mol. The number of amides is 1. The van der Waals surface area contributed by atoms with Crippen molar-refractivity contribution in [1.82, 2.24) is 9.88 Å². The van der Waals surface area contributed by atoms with Crippen molar-refractivity contribution in [3.63, 3.8) is 0 Å². The molecule has 0 aliphatic carbocycles. The molecule has 2 rings (SSSR count). The van der Waals surface area contributed by atoms with Crippen molar-refractivity contribution in [2.75, 3.05) is 20.2 Å². The molecule has 1 aromatic heterocycles. The van der Waals surface area contributed by atoms with Gasteiger partial charge in [0.25, 0.3) is 5.91 Å². The molecule has 0 spiro atoms. The number of methoxy groups -OCH3 is 1. The van der Waals surface area contributed by atoms with Crippen molar-refractivity contribution in [1.29, 1.82) is 0 Å². The lowest BCUT2D eigenvalue weighted by Crippen LogP contribution is -2.30. The van der Waals surface area contributed by atoms with E-state index in [1.54, 1.807) is 19.5 Å². The number of benzene rings is 1. The Labute approximate surface area is 125 Å². The first kappa shape index (κ1) is 15.0. The summed E-state index contributed by atoms with van der Waals surface area (Å²) in [6, 6.07) is 9.50. The van der Waals surface area contributed by atoms with Crippen molar-refractivity contribution >= 4 is 5.91 Å². The minimum Gasteiger partial charge on any atom is -0.494 e. The second-order valence-corrected chi connectivity index (χ2v) is 4.63. The minimum atomic E-state index is 0.0508. The van der Waals surface area contributed by atoms with Gasteiger partial charge in [-0.1, -0.05) is 12.1 Å². The molecule has 110 valence electrons. The number of rotatable bonds is 5. The van der Waals surface area contributed by atoms with Crippen LogP contribution in [0.25, 0.3) is 11.1 Å². The maximum atomic E-state index is 12.4. The predicted octanol–water partition coefficient (Wildman–Crippen LogP) is 3.24. The zero-order valence-corrected chi connectivity index (χ0v) is 12.7. The number of ether oxygens (including phenoxy) is 1. The highest BCUT2D eigenvalue weighted by molar-refractivity contribution is 5.95. The molecular weight excluding hydrogens is 264 g/mol. The van der Waals surface area contributed by atoms with E-state index in [9.17, 15) is 4.79 Å². The van der Waals surface area contributed by atoms with Crippen LogP contribution in [0.5, 0.6) is 5.75 Å². The lowest BCUT2D eigenvalue weighted by atomic mass is 10.0. The van der Waals surface area contributed by atoms with Crippen molar-refractivity contribution in [3.8, 4) is 16.9 Å². The van der Waals surface area contributed by atoms with Gasteiger partial charge in [0, 0.05) is 30.4 Å². The Bertz CT molecular complexity index is 622. The maximum absolute atomic E-state index is 12.4. The van der Waals surface area contributed by atoms with E-state index in [1.165, 1.54) is 0 Å². The van der Waals surface area contributed by atoms with Crippen LogP contribution in [-0.2, 0) is 0 Å². The molecule has 0 fully saturated rings. The van der Waals surface area contributed by atoms with Crippen LogP contribution in [-0.4, -0.2) is 36.0 Å². The molecule has 0 saturated heterocycles. The number of pyridine rings is 1. The summed E-state index contributed by atoms with van der Waals surface area (Å²) in [6.07, 6.45) is 3.39. The number of hydrogen-bond acceptors (Lipinski definition) is 3. The highest BCUT2D eigenvalue weighted by Crippen LogP contribution is 2.29. The number of aromatic nitrogens is 1. The average Bonchev–Trinajstić information content (AvgIpc) is 2.56. The SMILES string of the molecule is CCN(CC)C(=O)c1cccc(-c2ccncc2OC)c1. The zero-order chi connectivity index (χ0) is 15.2. The maximum Gasteiger partial charge on any atom is 0.253 e. The lowest BCUT2D eigenvalue weighted by Gasteiger charge is -2.19. The van der Waals surface area contributed by atoms with Gasteiger partial charge in [0.05, 0.1) is 13.3 Å². The van der Waals surface area contributed by atoms with Crippen molar-refractivity contribution in [2.45, 2.75) is 13.8 Å². The van der Waals surface area contributed by atoms with E-state index in [0.717, 1.165) is 11.1 Å². The molecule has 0 bridgehead atoms. The van der Waals surface area contributed by atoms with Crippen LogP contribution in [0.1, 0.15) is 24.2 Å². The largest absolute Gasteiger partial charge is 0.494 e. The predicted molar refractivity (Wildman–Crippen MR) is 83.5 cm³/mol. The second-order valence-electron chi connectivity index (χ2n) is 4.63. The smallest absolute Gasteiger partial charge is 0.253 e. The highest BCUT2D eigenvalue weighted by Gasteiger charge is 2.14. The lowest BCUT2D eigenvalue weighted by molar-refractivity contribution is 0.0773. The van der Waals surface area contributed by atoms with Gasteiger partial charge in [-0.3, -0.25) is 9.78 Å². The molecule has 0 aliphatic heterocycles. The molecule has 0 radical (unpaired) electrons. The summed E-state index contributed by atoms with van der Waals surface area (Å²) in [6.45, 7) is 5.38. The molecule has 0 atom stereocenters. The van der Waals surface area contributed by atoms with E-state index in [2.05, 4.69) is 4.98 Å². The van der Waals surface area contributed by atoms with E-state index in [0.29, 0.717) is 24.4 Å². The van der Waals surface area contributed by atoms with Gasteiger partial charge in [-0.2, -0.15) is 0 Å². The fourth-order valence-electron chi connectivity index (χ4n) is 2.29. The standard InChI is InChI=1S/C17H20N2O2/c1-4-19(5-2)17(20)14-8-6-7-13(11-14)15-9-10-18-12-16(15)21-3/h6-12H,4-5H2,1-3H3. The van der Waals surface area contributed by atoms with Crippen LogP contribution in [0.15, 0.2) is 42.7 Å². The first-order chi connectivity index (χ1) is 10.2. The van der Waals surface area contributed by atoms with Crippen LogP contribution in [0.4, 0.5) is 0 Å². The van der Waals surface area contributed by atoms with Gasteiger partial charge in [0.2, 0.25) is 0 Å². The number of nitrogens with zero attached hydrogens (tertiary/aromatic N) is 2. The summed E-state index contributed by atoms with van der Waals surface area (Å²) in [5.74, 6) is 0.750. The first-order valence-corrected chi connectivity index (χ1v) is 7.09. The Kier molecular flexibility index (Phi) is 4.93. The third-order valence-corrected chi connectivity index (χ3v) is 3.48. The van der Waals surface area contributed by atoms with E-state index in [1.807, 2.05) is 49.1 Å².